The lowest BCUT2D eigenvalue weighted by atomic mass is 10.1. The van der Waals surface area contributed by atoms with Crippen molar-refractivity contribution in [1.29, 1.82) is 0 Å². The van der Waals surface area contributed by atoms with Gasteiger partial charge in [0.1, 0.15) is 5.75 Å². The molecule has 0 saturated carbocycles. The first kappa shape index (κ1) is 16.7. The van der Waals surface area contributed by atoms with Crippen molar-refractivity contribution in [2.45, 2.75) is 6.92 Å². The van der Waals surface area contributed by atoms with Gasteiger partial charge < -0.3 is 15.0 Å². The quantitative estimate of drug-likeness (QED) is 0.877. The van der Waals surface area contributed by atoms with Gasteiger partial charge >= 0.3 is 0 Å². The molecule has 0 radical (unpaired) electrons. The van der Waals surface area contributed by atoms with E-state index in [1.807, 2.05) is 55.5 Å². The molecule has 2 aromatic rings. The van der Waals surface area contributed by atoms with Crippen molar-refractivity contribution in [2.24, 2.45) is 4.99 Å². The molecule has 5 nitrogen and oxygen atoms in total. The summed E-state index contributed by atoms with van der Waals surface area (Å²) < 4.78 is 5.50. The third-order valence-electron chi connectivity index (χ3n) is 4.22. The molecule has 4 rings (SSSR count). The molecule has 0 fully saturated rings. The first-order chi connectivity index (χ1) is 12.7. The summed E-state index contributed by atoms with van der Waals surface area (Å²) in [5, 5.41) is 6.06. The maximum atomic E-state index is 12.1. The maximum Gasteiger partial charge on any atom is 0.262 e. The number of aliphatic imine (C=N–C) groups is 1. The second-order valence-electron chi connectivity index (χ2n) is 6.16. The van der Waals surface area contributed by atoms with Gasteiger partial charge in [-0.05, 0) is 36.8 Å². The highest BCUT2D eigenvalue weighted by Crippen LogP contribution is 2.35. The highest BCUT2D eigenvalue weighted by molar-refractivity contribution is 8.16. The fraction of sp³-hybridized carbons (Fsp3) is 0.200. The van der Waals surface area contributed by atoms with Gasteiger partial charge in [0.25, 0.3) is 5.91 Å². The molecule has 0 bridgehead atoms. The molecule has 2 aliphatic rings. The molecule has 26 heavy (non-hydrogen) atoms. The van der Waals surface area contributed by atoms with Crippen LogP contribution in [0.2, 0.25) is 0 Å². The molecule has 132 valence electrons. The third-order valence-corrected chi connectivity index (χ3v) is 5.13. The van der Waals surface area contributed by atoms with Crippen LogP contribution in [0.5, 0.6) is 5.75 Å². The Morgan fingerprint density at radius 2 is 1.96 bits per heavy atom. The minimum atomic E-state index is -0.178. The SMILES string of the molecule is Cc1ccc(OCC(=O)Nc2ccc(C3=CSC4=NCCN34)cc2)cc1. The lowest BCUT2D eigenvalue weighted by Crippen LogP contribution is -2.20. The molecule has 6 heteroatoms. The summed E-state index contributed by atoms with van der Waals surface area (Å²) in [5.41, 5.74) is 4.21. The number of thioether (sulfide) groups is 1. The normalized spacial score (nSPS) is 15.3. The smallest absolute Gasteiger partial charge is 0.262 e. The summed E-state index contributed by atoms with van der Waals surface area (Å²) in [7, 11) is 0. The van der Waals surface area contributed by atoms with Crippen molar-refractivity contribution in [1.82, 2.24) is 4.90 Å². The summed E-state index contributed by atoms with van der Waals surface area (Å²) in [6.07, 6.45) is 0. The largest absolute Gasteiger partial charge is 0.484 e. The molecule has 1 amide bonds. The minimum absolute atomic E-state index is 0.0137. The number of carbonyl (C=O) groups is 1. The number of nitrogens with zero attached hydrogens (tertiary/aromatic N) is 2. The first-order valence-electron chi connectivity index (χ1n) is 8.47. The monoisotopic (exact) mass is 365 g/mol. The number of benzene rings is 2. The van der Waals surface area contributed by atoms with Crippen LogP contribution in [0.15, 0.2) is 58.9 Å². The lowest BCUT2D eigenvalue weighted by Gasteiger charge is -2.17. The van der Waals surface area contributed by atoms with Crippen LogP contribution in [0, 0.1) is 6.92 Å². The van der Waals surface area contributed by atoms with Crippen LogP contribution in [-0.2, 0) is 4.79 Å². The van der Waals surface area contributed by atoms with Gasteiger partial charge in [0.05, 0.1) is 12.2 Å². The standard InChI is InChI=1S/C20H19N3O2S/c1-14-2-8-17(9-3-14)25-12-19(24)22-16-6-4-15(5-7-16)18-13-26-20-21-10-11-23(18)20/h2-9,13H,10-12H2,1H3,(H,22,24). The molecule has 0 saturated heterocycles. The van der Waals surface area contributed by atoms with Crippen molar-refractivity contribution in [3.8, 4) is 5.75 Å². The van der Waals surface area contributed by atoms with Crippen LogP contribution < -0.4 is 10.1 Å². The van der Waals surface area contributed by atoms with E-state index in [4.69, 9.17) is 4.74 Å². The van der Waals surface area contributed by atoms with E-state index < -0.39 is 0 Å². The van der Waals surface area contributed by atoms with Gasteiger partial charge in [-0.2, -0.15) is 0 Å². The topological polar surface area (TPSA) is 53.9 Å². The van der Waals surface area contributed by atoms with E-state index in [0.29, 0.717) is 5.75 Å². The van der Waals surface area contributed by atoms with Crippen LogP contribution in [0.1, 0.15) is 11.1 Å². The van der Waals surface area contributed by atoms with Crippen molar-refractivity contribution < 1.29 is 9.53 Å². The molecule has 2 heterocycles. The summed E-state index contributed by atoms with van der Waals surface area (Å²) in [6, 6.07) is 15.5. The van der Waals surface area contributed by atoms with Crippen LogP contribution in [-0.4, -0.2) is 35.7 Å². The van der Waals surface area contributed by atoms with Crippen molar-refractivity contribution in [3.05, 3.63) is 65.1 Å². The van der Waals surface area contributed by atoms with E-state index in [2.05, 4.69) is 20.6 Å². The predicted molar refractivity (Wildman–Crippen MR) is 106 cm³/mol. The predicted octanol–water partition coefficient (Wildman–Crippen LogP) is 3.73. The Hall–Kier alpha value is -2.73. The summed E-state index contributed by atoms with van der Waals surface area (Å²) in [4.78, 5) is 18.8. The second kappa shape index (κ2) is 7.25. The number of hydrogen-bond acceptors (Lipinski definition) is 5. The van der Waals surface area contributed by atoms with Gasteiger partial charge in [0.2, 0.25) is 0 Å². The number of aryl methyl sites for hydroxylation is 1. The van der Waals surface area contributed by atoms with Gasteiger partial charge in [-0.3, -0.25) is 9.79 Å². The second-order valence-corrected chi connectivity index (χ2v) is 7.00. The zero-order valence-electron chi connectivity index (χ0n) is 14.4. The number of amides is 1. The molecule has 0 spiro atoms. The van der Waals surface area contributed by atoms with Crippen LogP contribution in [0.4, 0.5) is 5.69 Å². The Labute approximate surface area is 156 Å². The van der Waals surface area contributed by atoms with Gasteiger partial charge in [-0.15, -0.1) is 0 Å². The van der Waals surface area contributed by atoms with Crippen LogP contribution in [0.25, 0.3) is 5.70 Å². The number of ether oxygens (including phenoxy) is 1. The number of fused-ring (bicyclic) bond motifs is 1. The summed E-state index contributed by atoms with van der Waals surface area (Å²) >= 11 is 1.66. The fourth-order valence-corrected chi connectivity index (χ4v) is 3.81. The Balaban J connectivity index is 1.33. The molecule has 0 aromatic heterocycles. The van der Waals surface area contributed by atoms with E-state index >= 15 is 0 Å². The van der Waals surface area contributed by atoms with E-state index in [9.17, 15) is 4.79 Å². The van der Waals surface area contributed by atoms with Crippen LogP contribution >= 0.6 is 11.8 Å². The average Bonchev–Trinajstić information content (AvgIpc) is 3.26. The number of rotatable bonds is 5. The fourth-order valence-electron chi connectivity index (χ4n) is 2.85. The first-order valence-corrected chi connectivity index (χ1v) is 9.35. The molecular weight excluding hydrogens is 346 g/mol. The Morgan fingerprint density at radius 3 is 2.73 bits per heavy atom. The number of hydrogen-bond donors (Lipinski definition) is 1. The van der Waals surface area contributed by atoms with E-state index in [1.165, 1.54) is 5.70 Å². The molecule has 1 N–H and O–H groups in total. The number of carbonyl (C=O) groups excluding carboxylic acids is 1. The third kappa shape index (κ3) is 3.60. The highest BCUT2D eigenvalue weighted by Gasteiger charge is 2.26. The van der Waals surface area contributed by atoms with Crippen molar-refractivity contribution in [3.63, 3.8) is 0 Å². The number of amidine groups is 1. The average molecular weight is 365 g/mol. The Bertz CT molecular complexity index is 873. The number of nitrogens with one attached hydrogen (secondary N) is 1. The lowest BCUT2D eigenvalue weighted by molar-refractivity contribution is -0.118. The molecule has 0 aliphatic carbocycles. The van der Waals surface area contributed by atoms with E-state index in [0.717, 1.165) is 35.1 Å². The zero-order chi connectivity index (χ0) is 17.9. The molecule has 0 atom stereocenters. The van der Waals surface area contributed by atoms with E-state index in [-0.39, 0.29) is 12.5 Å². The van der Waals surface area contributed by atoms with Crippen molar-refractivity contribution >= 4 is 34.2 Å². The number of anilines is 1. The van der Waals surface area contributed by atoms with Crippen molar-refractivity contribution in [2.75, 3.05) is 25.0 Å². The molecule has 2 aromatic carbocycles. The Morgan fingerprint density at radius 1 is 1.19 bits per heavy atom. The Kier molecular flexibility index (Phi) is 4.67. The van der Waals surface area contributed by atoms with E-state index in [1.54, 1.807) is 11.8 Å². The van der Waals surface area contributed by atoms with Gasteiger partial charge in [-0.1, -0.05) is 41.6 Å². The van der Waals surface area contributed by atoms with Gasteiger partial charge in [0, 0.05) is 17.6 Å². The summed E-state index contributed by atoms with van der Waals surface area (Å²) in [6.45, 7) is 3.79. The highest BCUT2D eigenvalue weighted by atomic mass is 32.2. The van der Waals surface area contributed by atoms with Gasteiger partial charge in [-0.25, -0.2) is 0 Å². The minimum Gasteiger partial charge on any atom is -0.484 e. The van der Waals surface area contributed by atoms with Crippen LogP contribution in [0.3, 0.4) is 0 Å². The maximum absolute atomic E-state index is 12.1. The zero-order valence-corrected chi connectivity index (χ0v) is 15.3. The van der Waals surface area contributed by atoms with Gasteiger partial charge in [0.15, 0.2) is 11.8 Å². The molecular formula is C20H19N3O2S. The summed E-state index contributed by atoms with van der Waals surface area (Å²) in [5.74, 6) is 0.512. The molecule has 2 aliphatic heterocycles. The molecule has 0 unspecified atom stereocenters.